The first-order chi connectivity index (χ1) is 8.86. The molecule has 0 spiro atoms. The molecular weight excluding hydrogens is 249 g/mol. The van der Waals surface area contributed by atoms with E-state index in [1.54, 1.807) is 0 Å². The third kappa shape index (κ3) is 3.17. The van der Waals surface area contributed by atoms with Crippen LogP contribution in [0.15, 0.2) is 0 Å². The van der Waals surface area contributed by atoms with Gasteiger partial charge in [0, 0.05) is 18.5 Å². The second-order valence-electron chi connectivity index (χ2n) is 7.23. The minimum Gasteiger partial charge on any atom is -0.360 e. The second-order valence-corrected chi connectivity index (χ2v) is 7.70. The van der Waals surface area contributed by atoms with Crippen molar-refractivity contribution < 1.29 is 0 Å². The summed E-state index contributed by atoms with van der Waals surface area (Å²) in [4.78, 5) is 3.70. The maximum Gasteiger partial charge on any atom is 0.0787 e. The third-order valence-corrected chi connectivity index (χ3v) is 5.66. The molecule has 4 unspecified atom stereocenters. The van der Waals surface area contributed by atoms with Gasteiger partial charge in [-0.2, -0.15) is 0 Å². The Bertz CT molecular complexity index is 344. The van der Waals surface area contributed by atoms with Crippen molar-refractivity contribution in [2.45, 2.75) is 83.6 Å². The van der Waals surface area contributed by atoms with Crippen molar-refractivity contribution in [1.82, 2.24) is 4.90 Å². The Morgan fingerprint density at radius 1 is 1.47 bits per heavy atom. The maximum absolute atomic E-state index is 6.61. The Labute approximate surface area is 125 Å². The number of fused-ring (bicyclic) bond motifs is 1. The van der Waals surface area contributed by atoms with E-state index in [-0.39, 0.29) is 5.31 Å². The number of thiocarbonyl (C=S) groups is 1. The molecule has 2 rings (SSSR count). The lowest BCUT2D eigenvalue weighted by Crippen LogP contribution is -2.41. The summed E-state index contributed by atoms with van der Waals surface area (Å²) in [5.41, 5.74) is 0. The van der Waals surface area contributed by atoms with Crippen LogP contribution >= 0.6 is 12.2 Å². The second kappa shape index (κ2) is 5.75. The zero-order chi connectivity index (χ0) is 14.2. The summed E-state index contributed by atoms with van der Waals surface area (Å²) >= 11 is 5.64. The molecule has 1 saturated carbocycles. The molecule has 0 bridgehead atoms. The van der Waals surface area contributed by atoms with Gasteiger partial charge >= 0.3 is 0 Å². The van der Waals surface area contributed by atoms with Gasteiger partial charge < -0.3 is 4.90 Å². The van der Waals surface area contributed by atoms with Crippen LogP contribution in [0.1, 0.15) is 66.2 Å². The molecule has 0 aromatic heterocycles. The van der Waals surface area contributed by atoms with Gasteiger partial charge in [0.2, 0.25) is 0 Å². The van der Waals surface area contributed by atoms with Gasteiger partial charge in [-0.1, -0.05) is 50.6 Å². The number of hydrogen-bond donors (Lipinski definition) is 0. The molecule has 2 aliphatic rings. The van der Waals surface area contributed by atoms with Crippen LogP contribution in [-0.2, 0) is 0 Å². The average molecular weight is 277 g/mol. The molecule has 1 aliphatic heterocycles. The lowest BCUT2D eigenvalue weighted by atomic mass is 9.57. The molecule has 2 radical (unpaired) electrons. The van der Waals surface area contributed by atoms with Crippen LogP contribution in [0.25, 0.3) is 0 Å². The van der Waals surface area contributed by atoms with Crippen molar-refractivity contribution in [2.24, 2.45) is 11.8 Å². The fourth-order valence-corrected chi connectivity index (χ4v) is 4.88. The minimum absolute atomic E-state index is 0.0528. The molecule has 0 aromatic carbocycles. The zero-order valence-electron chi connectivity index (χ0n) is 13.0. The average Bonchev–Trinajstić information content (AvgIpc) is 2.60. The topological polar surface area (TPSA) is 3.24 Å². The van der Waals surface area contributed by atoms with Crippen molar-refractivity contribution in [2.75, 3.05) is 0 Å². The fraction of sp³-hybridized carbons (Fsp3) is 0.938. The van der Waals surface area contributed by atoms with Crippen molar-refractivity contribution in [3.63, 3.8) is 0 Å². The molecule has 0 amide bonds. The number of likely N-dealkylation sites (tertiary alicyclic amines) is 1. The first-order valence-corrected chi connectivity index (χ1v) is 8.37. The molecule has 4 atom stereocenters. The molecule has 2 fully saturated rings. The molecule has 0 N–H and O–H groups in total. The van der Waals surface area contributed by atoms with Crippen molar-refractivity contribution >= 4 is 25.1 Å². The smallest absolute Gasteiger partial charge is 0.0787 e. The van der Waals surface area contributed by atoms with Gasteiger partial charge in [-0.15, -0.1) is 0 Å². The number of rotatable bonds is 2. The predicted octanol–water partition coefficient (Wildman–Crippen LogP) is 4.36. The normalized spacial score (nSPS) is 40.2. The molecule has 1 saturated heterocycles. The number of hydrogen-bond acceptors (Lipinski definition) is 1. The van der Waals surface area contributed by atoms with Crippen LogP contribution in [0.5, 0.6) is 0 Å². The van der Waals surface area contributed by atoms with Gasteiger partial charge in [-0.25, -0.2) is 0 Å². The molecule has 106 valence electrons. The van der Waals surface area contributed by atoms with Gasteiger partial charge in [0.15, 0.2) is 0 Å². The molecular formula is C16H28BNS. The first kappa shape index (κ1) is 15.3. The van der Waals surface area contributed by atoms with E-state index in [4.69, 9.17) is 20.1 Å². The fourth-order valence-electron chi connectivity index (χ4n) is 4.32. The van der Waals surface area contributed by atoms with E-state index in [9.17, 15) is 0 Å². The Hall–Kier alpha value is -0.0451. The highest BCUT2D eigenvalue weighted by Crippen LogP contribution is 2.47. The van der Waals surface area contributed by atoms with Gasteiger partial charge in [-0.05, 0) is 38.5 Å². The Balaban J connectivity index is 2.18. The first-order valence-electron chi connectivity index (χ1n) is 7.96. The third-order valence-electron chi connectivity index (χ3n) is 5.28. The molecule has 3 heteroatoms. The highest BCUT2D eigenvalue weighted by Gasteiger charge is 2.41. The van der Waals surface area contributed by atoms with Crippen LogP contribution in [-0.4, -0.2) is 29.8 Å². The van der Waals surface area contributed by atoms with Crippen LogP contribution in [0.2, 0.25) is 5.31 Å². The van der Waals surface area contributed by atoms with Gasteiger partial charge in [0.1, 0.15) is 0 Å². The van der Waals surface area contributed by atoms with Crippen LogP contribution in [0.4, 0.5) is 0 Å². The van der Waals surface area contributed by atoms with Crippen molar-refractivity contribution in [3.8, 4) is 0 Å². The summed E-state index contributed by atoms with van der Waals surface area (Å²) in [6.07, 6.45) is 7.09. The SMILES string of the molecule is [B]C1(CC)CCC2C(CC(=S)N2C(C)C)CC(C)C1. The highest BCUT2D eigenvalue weighted by atomic mass is 32.1. The summed E-state index contributed by atoms with van der Waals surface area (Å²) in [7, 11) is 6.61. The van der Waals surface area contributed by atoms with Gasteiger partial charge in [-0.3, -0.25) is 0 Å². The highest BCUT2D eigenvalue weighted by molar-refractivity contribution is 7.80. The predicted molar refractivity (Wildman–Crippen MR) is 87.8 cm³/mol. The molecule has 1 heterocycles. The lowest BCUT2D eigenvalue weighted by Gasteiger charge is -2.41. The van der Waals surface area contributed by atoms with Crippen molar-refractivity contribution in [3.05, 3.63) is 0 Å². The maximum atomic E-state index is 6.61. The van der Waals surface area contributed by atoms with Crippen LogP contribution < -0.4 is 0 Å². The summed E-state index contributed by atoms with van der Waals surface area (Å²) in [5, 5.41) is 0.0528. The summed E-state index contributed by atoms with van der Waals surface area (Å²) in [5.74, 6) is 1.50. The Morgan fingerprint density at radius 3 is 2.74 bits per heavy atom. The molecule has 0 aromatic rings. The largest absolute Gasteiger partial charge is 0.360 e. The van der Waals surface area contributed by atoms with E-state index in [0.29, 0.717) is 12.1 Å². The Morgan fingerprint density at radius 2 is 2.16 bits per heavy atom. The molecule has 19 heavy (non-hydrogen) atoms. The summed E-state index contributed by atoms with van der Waals surface area (Å²) in [6, 6.07) is 1.18. The summed E-state index contributed by atoms with van der Waals surface area (Å²) < 4.78 is 0. The quantitative estimate of drug-likeness (QED) is 0.545. The van der Waals surface area contributed by atoms with E-state index < -0.39 is 0 Å². The summed E-state index contributed by atoms with van der Waals surface area (Å²) in [6.45, 7) is 9.16. The van der Waals surface area contributed by atoms with E-state index in [2.05, 4.69) is 32.6 Å². The van der Waals surface area contributed by atoms with Crippen LogP contribution in [0, 0.1) is 11.8 Å². The monoisotopic (exact) mass is 277 g/mol. The number of nitrogens with zero attached hydrogens (tertiary/aromatic N) is 1. The standard InChI is InChI=1S/C16H28BNS/c1-5-16(17)7-6-14-13(8-12(4)10-16)9-15(19)18(14)11(2)3/h11-14H,5-10H2,1-4H3. The van der Waals surface area contributed by atoms with E-state index in [1.165, 1.54) is 24.3 Å². The minimum atomic E-state index is 0.0528. The van der Waals surface area contributed by atoms with E-state index in [1.807, 2.05) is 0 Å². The Kier molecular flexibility index (Phi) is 4.65. The van der Waals surface area contributed by atoms with Gasteiger partial charge in [0.25, 0.3) is 0 Å². The van der Waals surface area contributed by atoms with Crippen LogP contribution in [0.3, 0.4) is 0 Å². The molecule has 1 nitrogen and oxygen atoms in total. The van der Waals surface area contributed by atoms with E-state index >= 15 is 0 Å². The van der Waals surface area contributed by atoms with Crippen molar-refractivity contribution in [1.29, 1.82) is 0 Å². The lowest BCUT2D eigenvalue weighted by molar-refractivity contribution is 0.168. The molecule has 1 aliphatic carbocycles. The van der Waals surface area contributed by atoms with E-state index in [0.717, 1.165) is 31.1 Å². The van der Waals surface area contributed by atoms with Gasteiger partial charge in [0.05, 0.1) is 12.8 Å². The zero-order valence-corrected chi connectivity index (χ0v) is 13.8.